The highest BCUT2D eigenvalue weighted by molar-refractivity contribution is 5.89. The van der Waals surface area contributed by atoms with E-state index in [-0.39, 0.29) is 12.1 Å². The zero-order valence-electron chi connectivity index (χ0n) is 24.6. The Bertz CT molecular complexity index is 1020. The summed E-state index contributed by atoms with van der Waals surface area (Å²) in [4.78, 5) is 18.4. The second kappa shape index (κ2) is 15.9. The fourth-order valence-corrected chi connectivity index (χ4v) is 6.01. The second-order valence-corrected chi connectivity index (χ2v) is 11.7. The van der Waals surface area contributed by atoms with Crippen LogP contribution in [0.15, 0.2) is 60.2 Å². The number of hydrogen-bond donors (Lipinski definition) is 1. The number of allylic oxidation sites excluding steroid dienone is 1. The molecule has 0 atom stereocenters. The second-order valence-electron chi connectivity index (χ2n) is 11.7. The summed E-state index contributed by atoms with van der Waals surface area (Å²) in [7, 11) is 0. The quantitative estimate of drug-likeness (QED) is 0.208. The monoisotopic (exact) mass is 529 g/mol. The summed E-state index contributed by atoms with van der Waals surface area (Å²) in [5.41, 5.74) is 6.46. The molecule has 39 heavy (non-hydrogen) atoms. The van der Waals surface area contributed by atoms with Gasteiger partial charge in [0.05, 0.1) is 0 Å². The van der Waals surface area contributed by atoms with Crippen LogP contribution in [-0.4, -0.2) is 41.5 Å². The summed E-state index contributed by atoms with van der Waals surface area (Å²) < 4.78 is 0. The van der Waals surface area contributed by atoms with E-state index in [9.17, 15) is 4.79 Å². The maximum atomic E-state index is 13.7. The number of carbonyl (C=O) groups excluding carboxylic acids is 1. The molecule has 0 saturated carbocycles. The molecule has 2 amide bonds. The number of hydrogen-bond acceptors (Lipinski definition) is 2. The van der Waals surface area contributed by atoms with E-state index in [0.717, 1.165) is 51.0 Å². The molecule has 2 aromatic rings. The Morgan fingerprint density at radius 3 is 2.13 bits per heavy atom. The van der Waals surface area contributed by atoms with E-state index in [1.54, 1.807) is 5.57 Å². The van der Waals surface area contributed by atoms with Gasteiger partial charge in [0.2, 0.25) is 0 Å². The third-order valence-corrected chi connectivity index (χ3v) is 8.54. The number of urea groups is 1. The smallest absolute Gasteiger partial charge is 0.317 e. The van der Waals surface area contributed by atoms with Crippen molar-refractivity contribution in [3.05, 3.63) is 76.9 Å². The number of aryl methyl sites for hydroxylation is 2. The largest absolute Gasteiger partial charge is 0.322 e. The van der Waals surface area contributed by atoms with Crippen LogP contribution in [0.1, 0.15) is 101 Å². The lowest BCUT2D eigenvalue weighted by molar-refractivity contribution is 0.127. The van der Waals surface area contributed by atoms with Gasteiger partial charge in [-0.1, -0.05) is 81.2 Å². The lowest BCUT2D eigenvalue weighted by Crippen LogP contribution is -2.48. The van der Waals surface area contributed by atoms with Crippen LogP contribution >= 0.6 is 0 Å². The Kier molecular flexibility index (Phi) is 12.0. The normalized spacial score (nSPS) is 16.6. The van der Waals surface area contributed by atoms with Crippen molar-refractivity contribution < 1.29 is 4.79 Å². The van der Waals surface area contributed by atoms with Gasteiger partial charge in [-0.25, -0.2) is 4.79 Å². The summed E-state index contributed by atoms with van der Waals surface area (Å²) in [5.74, 6) is 0. The number of carbonyl (C=O) groups is 1. The van der Waals surface area contributed by atoms with Crippen molar-refractivity contribution in [3.63, 3.8) is 0 Å². The van der Waals surface area contributed by atoms with E-state index >= 15 is 0 Å². The number of anilines is 1. The zero-order chi connectivity index (χ0) is 27.3. The van der Waals surface area contributed by atoms with Gasteiger partial charge in [-0.15, -0.1) is 0 Å². The zero-order valence-corrected chi connectivity index (χ0v) is 24.6. The van der Waals surface area contributed by atoms with E-state index in [2.05, 4.69) is 83.6 Å². The minimum absolute atomic E-state index is 0.0248. The summed E-state index contributed by atoms with van der Waals surface area (Å²) in [5, 5.41) is 3.23. The molecule has 1 aliphatic heterocycles. The summed E-state index contributed by atoms with van der Waals surface area (Å²) in [6.07, 6.45) is 18.1. The Morgan fingerprint density at radius 2 is 1.49 bits per heavy atom. The molecule has 1 aliphatic carbocycles. The number of piperidine rings is 1. The molecule has 0 unspecified atom stereocenters. The average Bonchev–Trinajstić information content (AvgIpc) is 2.97. The molecule has 0 spiro atoms. The van der Waals surface area contributed by atoms with Crippen LogP contribution in [0.2, 0.25) is 0 Å². The van der Waals surface area contributed by atoms with Gasteiger partial charge >= 0.3 is 6.03 Å². The molecule has 4 nitrogen and oxygen atoms in total. The molecule has 1 fully saturated rings. The third-order valence-electron chi connectivity index (χ3n) is 8.54. The minimum Gasteiger partial charge on any atom is -0.317 e. The predicted molar refractivity (Wildman–Crippen MR) is 165 cm³/mol. The van der Waals surface area contributed by atoms with Gasteiger partial charge in [0.1, 0.15) is 0 Å². The molecule has 212 valence electrons. The van der Waals surface area contributed by atoms with Crippen molar-refractivity contribution in [2.75, 3.05) is 25.0 Å². The van der Waals surface area contributed by atoms with Crippen LogP contribution < -0.4 is 5.32 Å². The number of amides is 2. The van der Waals surface area contributed by atoms with Crippen molar-refractivity contribution in [1.29, 1.82) is 0 Å². The first kappa shape index (κ1) is 29.4. The van der Waals surface area contributed by atoms with Crippen LogP contribution in [0.3, 0.4) is 0 Å². The lowest BCUT2D eigenvalue weighted by Gasteiger charge is -2.39. The Hall–Kier alpha value is -2.59. The third kappa shape index (κ3) is 9.53. The minimum atomic E-state index is 0.0248. The number of benzene rings is 2. The first-order valence-electron chi connectivity index (χ1n) is 15.8. The predicted octanol–water partition coefficient (Wildman–Crippen LogP) is 8.76. The van der Waals surface area contributed by atoms with Gasteiger partial charge < -0.3 is 10.2 Å². The van der Waals surface area contributed by atoms with Gasteiger partial charge in [0, 0.05) is 37.9 Å². The molecule has 0 aromatic heterocycles. The molecule has 1 saturated heterocycles. The van der Waals surface area contributed by atoms with E-state index < -0.39 is 0 Å². The maximum absolute atomic E-state index is 13.7. The Balaban J connectivity index is 1.40. The molecule has 2 aliphatic rings. The number of unbranched alkanes of at least 4 members (excludes halogenated alkanes) is 3. The first-order valence-corrected chi connectivity index (χ1v) is 15.8. The lowest BCUT2D eigenvalue weighted by atomic mass is 9.97. The molecular weight excluding hydrogens is 478 g/mol. The summed E-state index contributed by atoms with van der Waals surface area (Å²) >= 11 is 0. The number of rotatable bonds is 13. The van der Waals surface area contributed by atoms with E-state index in [1.165, 1.54) is 74.5 Å². The fraction of sp³-hybridized carbons (Fsp3) is 0.571. The highest BCUT2D eigenvalue weighted by Crippen LogP contribution is 2.24. The van der Waals surface area contributed by atoms with Crippen LogP contribution in [-0.2, 0) is 19.4 Å². The highest BCUT2D eigenvalue weighted by atomic mass is 16.2. The number of likely N-dealkylation sites (tertiary alicyclic amines) is 1. The van der Waals surface area contributed by atoms with Gasteiger partial charge in [0.15, 0.2) is 0 Å². The molecule has 1 heterocycles. The highest BCUT2D eigenvalue weighted by Gasteiger charge is 2.28. The molecule has 0 radical (unpaired) electrons. The van der Waals surface area contributed by atoms with Gasteiger partial charge in [-0.2, -0.15) is 0 Å². The first-order chi connectivity index (χ1) is 19.1. The molecular formula is C35H51N3O. The topological polar surface area (TPSA) is 35.6 Å². The van der Waals surface area contributed by atoms with Crippen LogP contribution in [0.4, 0.5) is 10.5 Å². The molecule has 4 heteroatoms. The fourth-order valence-electron chi connectivity index (χ4n) is 6.01. The van der Waals surface area contributed by atoms with Gasteiger partial charge in [0.25, 0.3) is 0 Å². The van der Waals surface area contributed by atoms with E-state index in [0.29, 0.717) is 6.54 Å². The number of nitrogens with one attached hydrogen (secondary N) is 1. The molecule has 1 N–H and O–H groups in total. The van der Waals surface area contributed by atoms with Crippen molar-refractivity contribution in [3.8, 4) is 0 Å². The Labute approximate surface area is 237 Å². The van der Waals surface area contributed by atoms with Gasteiger partial charge in [-0.3, -0.25) is 4.90 Å². The maximum Gasteiger partial charge on any atom is 0.322 e. The van der Waals surface area contributed by atoms with Crippen LogP contribution in [0.25, 0.3) is 0 Å². The van der Waals surface area contributed by atoms with Crippen molar-refractivity contribution in [2.24, 2.45) is 0 Å². The van der Waals surface area contributed by atoms with Gasteiger partial charge in [-0.05, 0) is 93.0 Å². The van der Waals surface area contributed by atoms with Crippen LogP contribution in [0.5, 0.6) is 0 Å². The molecule has 0 bridgehead atoms. The number of nitrogens with zero attached hydrogens (tertiary/aromatic N) is 2. The van der Waals surface area contributed by atoms with E-state index in [4.69, 9.17) is 0 Å². The summed E-state index contributed by atoms with van der Waals surface area (Å²) in [6, 6.07) is 17.7. The van der Waals surface area contributed by atoms with E-state index in [1.807, 2.05) is 0 Å². The Morgan fingerprint density at radius 1 is 0.846 bits per heavy atom. The van der Waals surface area contributed by atoms with Crippen LogP contribution in [0, 0.1) is 0 Å². The molecule has 2 aromatic carbocycles. The summed E-state index contributed by atoms with van der Waals surface area (Å²) in [6.45, 7) is 8.37. The molecule has 4 rings (SSSR count). The van der Waals surface area contributed by atoms with Crippen molar-refractivity contribution >= 4 is 11.7 Å². The van der Waals surface area contributed by atoms with Crippen molar-refractivity contribution in [1.82, 2.24) is 9.80 Å². The average molecular weight is 530 g/mol. The standard InChI is InChI=1S/C35H51N3O/c1-3-5-8-12-30-15-17-32(18-16-30)28-38(35(39)36-33-21-19-29(20-22-33)11-6-4-2)34-23-25-37(26-24-34)27-31-13-9-7-10-14-31/h13,15-22,34H,3-12,14,23-28H2,1-2H3,(H,36,39). The van der Waals surface area contributed by atoms with Crippen molar-refractivity contribution in [2.45, 2.75) is 110 Å². The SMILES string of the molecule is CCCCCc1ccc(CN(C(=O)Nc2ccc(CCCC)cc2)C2CCN(CC3=CCCCC3)CC2)cc1.